The highest BCUT2D eigenvalue weighted by atomic mass is 32.1. The van der Waals surface area contributed by atoms with Gasteiger partial charge in [-0.15, -0.1) is 11.3 Å². The smallest absolute Gasteiger partial charge is 0.261 e. The molecule has 2 aromatic rings. The molecule has 10 heteroatoms. The summed E-state index contributed by atoms with van der Waals surface area (Å²) in [5, 5.41) is 39.5. The molecule has 30 heavy (non-hydrogen) atoms. The Morgan fingerprint density at radius 1 is 1.30 bits per heavy atom. The van der Waals surface area contributed by atoms with Gasteiger partial charge in [-0.05, 0) is 23.1 Å². The first-order chi connectivity index (χ1) is 14.4. The predicted octanol–water partition coefficient (Wildman–Crippen LogP) is 0.548. The molecule has 6 atom stereocenters. The van der Waals surface area contributed by atoms with Gasteiger partial charge in [-0.25, -0.2) is 0 Å². The maximum atomic E-state index is 12.8. The van der Waals surface area contributed by atoms with Crippen molar-refractivity contribution in [1.82, 2.24) is 10.6 Å². The van der Waals surface area contributed by atoms with E-state index in [1.165, 1.54) is 11.3 Å². The van der Waals surface area contributed by atoms with Crippen molar-refractivity contribution >= 4 is 23.2 Å². The first kappa shape index (κ1) is 19.2. The molecule has 3 aliphatic rings. The summed E-state index contributed by atoms with van der Waals surface area (Å²) in [6.45, 7) is 1.64. The minimum atomic E-state index is -1.28. The minimum absolute atomic E-state index is 0.0201. The Morgan fingerprint density at radius 3 is 2.83 bits per heavy atom. The fourth-order valence-electron chi connectivity index (χ4n) is 4.68. The van der Waals surface area contributed by atoms with Crippen LogP contribution in [0.2, 0.25) is 0 Å². The van der Waals surface area contributed by atoms with Gasteiger partial charge in [-0.3, -0.25) is 9.59 Å². The van der Waals surface area contributed by atoms with E-state index in [9.17, 15) is 24.9 Å². The third-order valence-electron chi connectivity index (χ3n) is 6.19. The average molecular weight is 432 g/mol. The van der Waals surface area contributed by atoms with E-state index >= 15 is 0 Å². The number of nitrogens with one attached hydrogen (secondary N) is 2. The number of benzene rings is 1. The quantitative estimate of drug-likeness (QED) is 0.467. The van der Waals surface area contributed by atoms with Crippen molar-refractivity contribution in [3.05, 3.63) is 39.6 Å². The normalized spacial score (nSPS) is 31.5. The number of fused-ring (bicyclic) bond motifs is 4. The largest absolute Gasteiger partial charge is 0.504 e. The van der Waals surface area contributed by atoms with Gasteiger partial charge in [0.2, 0.25) is 12.5 Å². The van der Waals surface area contributed by atoms with Crippen molar-refractivity contribution < 1.29 is 34.4 Å². The number of phenolic OH excluding ortho intramolecular Hbond substituents is 1. The molecule has 1 aliphatic carbocycles. The number of hydrogen-bond donors (Lipinski definition) is 5. The molecule has 9 nitrogen and oxygen atoms in total. The molecule has 158 valence electrons. The number of amides is 2. The van der Waals surface area contributed by atoms with Gasteiger partial charge in [0, 0.05) is 17.9 Å². The summed E-state index contributed by atoms with van der Waals surface area (Å²) in [7, 11) is 0. The van der Waals surface area contributed by atoms with Gasteiger partial charge in [0.25, 0.3) is 11.8 Å². The maximum Gasteiger partial charge on any atom is 0.261 e. The molecule has 1 saturated carbocycles. The SMILES string of the molecule is C[C@@H]1[C@H](O)[C@@H](O)[C@H](NC(=O)c2cccs2)[C@@H]2c3cc4c(c(O)c3C(=O)N[C@@H]12)OCO4. The second-order valence-electron chi connectivity index (χ2n) is 7.77. The lowest BCUT2D eigenvalue weighted by molar-refractivity contribution is -0.0760. The van der Waals surface area contributed by atoms with E-state index in [-0.39, 0.29) is 29.6 Å². The third-order valence-corrected chi connectivity index (χ3v) is 7.06. The molecule has 0 radical (unpaired) electrons. The van der Waals surface area contributed by atoms with Crippen LogP contribution in [0.15, 0.2) is 23.6 Å². The monoisotopic (exact) mass is 432 g/mol. The summed E-state index contributed by atoms with van der Waals surface area (Å²) in [5.74, 6) is -1.96. The predicted molar refractivity (Wildman–Crippen MR) is 105 cm³/mol. The zero-order valence-electron chi connectivity index (χ0n) is 15.9. The van der Waals surface area contributed by atoms with Gasteiger partial charge in [0.15, 0.2) is 11.5 Å². The Bertz CT molecular complexity index is 1020. The van der Waals surface area contributed by atoms with Crippen LogP contribution in [0.1, 0.15) is 38.4 Å². The number of carbonyl (C=O) groups is 2. The van der Waals surface area contributed by atoms with Crippen molar-refractivity contribution in [2.45, 2.75) is 37.1 Å². The number of rotatable bonds is 2. The number of aliphatic hydroxyl groups excluding tert-OH is 2. The van der Waals surface area contributed by atoms with Crippen LogP contribution in [0.25, 0.3) is 0 Å². The number of carbonyl (C=O) groups excluding carboxylic acids is 2. The lowest BCUT2D eigenvalue weighted by Crippen LogP contribution is -2.67. The van der Waals surface area contributed by atoms with Crippen molar-refractivity contribution in [2.24, 2.45) is 5.92 Å². The summed E-state index contributed by atoms with van der Waals surface area (Å²) in [6.07, 6.45) is -2.44. The van der Waals surface area contributed by atoms with Crippen molar-refractivity contribution in [3.8, 4) is 17.2 Å². The van der Waals surface area contributed by atoms with E-state index in [2.05, 4.69) is 10.6 Å². The summed E-state index contributed by atoms with van der Waals surface area (Å²) < 4.78 is 10.7. The van der Waals surface area contributed by atoms with Crippen molar-refractivity contribution in [2.75, 3.05) is 6.79 Å². The molecule has 2 amide bonds. The van der Waals surface area contributed by atoms with Gasteiger partial charge in [0.05, 0.1) is 22.6 Å². The Hall–Kier alpha value is -2.82. The number of aromatic hydroxyl groups is 1. The van der Waals surface area contributed by atoms with Gasteiger partial charge in [0.1, 0.15) is 6.10 Å². The molecule has 5 rings (SSSR count). The van der Waals surface area contributed by atoms with E-state index < -0.39 is 47.9 Å². The van der Waals surface area contributed by atoms with Crippen LogP contribution < -0.4 is 20.1 Å². The molecule has 0 unspecified atom stereocenters. The summed E-state index contributed by atoms with van der Waals surface area (Å²) in [5.41, 5.74) is 0.450. The molecule has 0 spiro atoms. The Kier molecular flexibility index (Phi) is 4.38. The summed E-state index contributed by atoms with van der Waals surface area (Å²) in [6, 6.07) is 3.53. The molecule has 5 N–H and O–H groups in total. The number of thiophene rings is 1. The Labute approximate surface area is 175 Å². The molecule has 1 aromatic carbocycles. The van der Waals surface area contributed by atoms with E-state index in [1.807, 2.05) is 0 Å². The van der Waals surface area contributed by atoms with Crippen LogP contribution in [0, 0.1) is 5.92 Å². The second-order valence-corrected chi connectivity index (χ2v) is 8.71. The lowest BCUT2D eigenvalue weighted by Gasteiger charge is -2.50. The van der Waals surface area contributed by atoms with Gasteiger partial charge in [-0.1, -0.05) is 13.0 Å². The average Bonchev–Trinajstić information content (AvgIpc) is 3.41. The van der Waals surface area contributed by atoms with E-state index in [0.29, 0.717) is 10.4 Å². The van der Waals surface area contributed by atoms with Crippen LogP contribution in [-0.4, -0.2) is 58.2 Å². The van der Waals surface area contributed by atoms with Gasteiger partial charge in [-0.2, -0.15) is 0 Å². The number of hydrogen-bond acceptors (Lipinski definition) is 8. The molecule has 0 saturated heterocycles. The van der Waals surface area contributed by atoms with E-state index in [1.54, 1.807) is 30.5 Å². The fraction of sp³-hybridized carbons (Fsp3) is 0.400. The number of ether oxygens (including phenoxy) is 2. The van der Waals surface area contributed by atoms with Crippen LogP contribution in [0.4, 0.5) is 0 Å². The highest BCUT2D eigenvalue weighted by Crippen LogP contribution is 2.50. The fourth-order valence-corrected chi connectivity index (χ4v) is 5.31. The van der Waals surface area contributed by atoms with Gasteiger partial charge >= 0.3 is 0 Å². The molecule has 1 fully saturated rings. The van der Waals surface area contributed by atoms with Crippen LogP contribution in [0.5, 0.6) is 17.2 Å². The molecule has 1 aromatic heterocycles. The number of aliphatic hydroxyl groups is 2. The zero-order valence-corrected chi connectivity index (χ0v) is 16.7. The van der Waals surface area contributed by atoms with Crippen LogP contribution in [-0.2, 0) is 0 Å². The highest BCUT2D eigenvalue weighted by Gasteiger charge is 2.53. The molecule has 2 aliphatic heterocycles. The van der Waals surface area contributed by atoms with Crippen molar-refractivity contribution in [3.63, 3.8) is 0 Å². The first-order valence-electron chi connectivity index (χ1n) is 9.55. The topological polar surface area (TPSA) is 137 Å². The minimum Gasteiger partial charge on any atom is -0.504 e. The van der Waals surface area contributed by atoms with Crippen molar-refractivity contribution in [1.29, 1.82) is 0 Å². The van der Waals surface area contributed by atoms with E-state index in [4.69, 9.17) is 9.47 Å². The zero-order chi connectivity index (χ0) is 21.2. The third kappa shape index (κ3) is 2.68. The molecular formula is C20H20N2O7S. The molecule has 0 bridgehead atoms. The standard InChI is InChI=1S/C20H20N2O7S/c1-7-13-11(14(17(25)15(7)23)22-19(26)10-3-2-4-30-10)8-5-9-18(29-6-28-9)16(24)12(8)20(27)21-13/h2-5,7,11,13-15,17,23-25H,6H2,1H3,(H,21,27)(H,22,26)/t7-,11+,13-,14+,15-,17-/m0/s1. The first-order valence-corrected chi connectivity index (χ1v) is 10.4. The molecule has 3 heterocycles. The maximum absolute atomic E-state index is 12.8. The second kappa shape index (κ2) is 6.86. The summed E-state index contributed by atoms with van der Waals surface area (Å²) in [4.78, 5) is 26.0. The van der Waals surface area contributed by atoms with Gasteiger partial charge < -0.3 is 35.4 Å². The lowest BCUT2D eigenvalue weighted by atomic mass is 9.66. The Balaban J connectivity index is 1.62. The summed E-state index contributed by atoms with van der Waals surface area (Å²) >= 11 is 1.25. The Morgan fingerprint density at radius 2 is 2.10 bits per heavy atom. The highest BCUT2D eigenvalue weighted by molar-refractivity contribution is 7.12. The number of phenols is 1. The molecular weight excluding hydrogens is 412 g/mol. The van der Waals surface area contributed by atoms with E-state index in [0.717, 1.165) is 0 Å². The van der Waals surface area contributed by atoms with Crippen LogP contribution in [0.3, 0.4) is 0 Å². The van der Waals surface area contributed by atoms with Crippen LogP contribution >= 0.6 is 11.3 Å².